The van der Waals surface area contributed by atoms with Gasteiger partial charge >= 0.3 is 0 Å². The molecule has 2 rings (SSSR count). The van der Waals surface area contributed by atoms with Crippen molar-refractivity contribution in [1.82, 2.24) is 9.29 Å². The molecule has 0 atom stereocenters. The first-order chi connectivity index (χ1) is 11.4. The highest BCUT2D eigenvalue weighted by Gasteiger charge is 2.21. The highest BCUT2D eigenvalue weighted by Crippen LogP contribution is 2.22. The van der Waals surface area contributed by atoms with E-state index in [1.54, 1.807) is 19.9 Å². The number of aromatic nitrogens is 1. The van der Waals surface area contributed by atoms with Crippen molar-refractivity contribution in [2.45, 2.75) is 25.7 Å². The second-order valence-corrected chi connectivity index (χ2v) is 8.53. The van der Waals surface area contributed by atoms with E-state index < -0.39 is 10.0 Å². The molecule has 6 nitrogen and oxygen atoms in total. The average molecular weight is 387 g/mol. The third kappa shape index (κ3) is 4.32. The summed E-state index contributed by atoms with van der Waals surface area (Å²) in [6.07, 6.45) is 1.34. The van der Waals surface area contributed by atoms with Gasteiger partial charge in [0.05, 0.1) is 14.9 Å². The lowest BCUT2D eigenvalue weighted by atomic mass is 10.3. The number of hydrogen-bond donors (Lipinski definition) is 1. The maximum absolute atomic E-state index is 12.4. The van der Waals surface area contributed by atoms with Gasteiger partial charge in [0.2, 0.25) is 10.0 Å². The van der Waals surface area contributed by atoms with Crippen molar-refractivity contribution in [1.29, 1.82) is 0 Å². The lowest BCUT2D eigenvalue weighted by Gasteiger charge is -2.18. The van der Waals surface area contributed by atoms with Gasteiger partial charge in [0.1, 0.15) is 10.7 Å². The van der Waals surface area contributed by atoms with E-state index in [4.69, 9.17) is 11.6 Å². The Morgan fingerprint density at radius 3 is 2.50 bits per heavy atom. The van der Waals surface area contributed by atoms with Crippen LogP contribution in [0.5, 0.6) is 0 Å². The van der Waals surface area contributed by atoms with Gasteiger partial charge in [0.15, 0.2) is 0 Å². The van der Waals surface area contributed by atoms with Gasteiger partial charge in [-0.3, -0.25) is 5.43 Å². The highest BCUT2D eigenvalue weighted by molar-refractivity contribution is 7.89. The van der Waals surface area contributed by atoms with E-state index in [2.05, 4.69) is 15.5 Å². The first kappa shape index (κ1) is 18.9. The Morgan fingerprint density at radius 1 is 1.29 bits per heavy atom. The second-order valence-electron chi connectivity index (χ2n) is 4.88. The summed E-state index contributed by atoms with van der Waals surface area (Å²) in [5.74, 6) is 0.468. The van der Waals surface area contributed by atoms with Crippen molar-refractivity contribution in [2.24, 2.45) is 5.10 Å². The van der Waals surface area contributed by atoms with E-state index >= 15 is 0 Å². The summed E-state index contributed by atoms with van der Waals surface area (Å²) in [6, 6.07) is 6.82. The molecular formula is C15H19ClN4O2S2. The van der Waals surface area contributed by atoms with Crippen molar-refractivity contribution < 1.29 is 8.42 Å². The second kappa shape index (κ2) is 8.06. The van der Waals surface area contributed by atoms with Crippen molar-refractivity contribution in [3.8, 4) is 0 Å². The molecule has 1 N–H and O–H groups in total. The van der Waals surface area contributed by atoms with Gasteiger partial charge in [-0.25, -0.2) is 13.4 Å². The van der Waals surface area contributed by atoms with E-state index in [1.807, 2.05) is 19.1 Å². The third-order valence-electron chi connectivity index (χ3n) is 3.35. The molecule has 0 aliphatic carbocycles. The Morgan fingerprint density at radius 2 is 2.00 bits per heavy atom. The number of rotatable bonds is 7. The third-order valence-corrected chi connectivity index (χ3v) is 6.72. The molecule has 130 valence electrons. The van der Waals surface area contributed by atoms with Gasteiger partial charge in [-0.05, 0) is 31.2 Å². The molecule has 0 unspecified atom stereocenters. The molecule has 0 saturated heterocycles. The van der Waals surface area contributed by atoms with Gasteiger partial charge in [-0.1, -0.05) is 25.4 Å². The summed E-state index contributed by atoms with van der Waals surface area (Å²) in [7, 11) is -3.50. The van der Waals surface area contributed by atoms with Crippen LogP contribution in [0.4, 0.5) is 5.82 Å². The van der Waals surface area contributed by atoms with Gasteiger partial charge < -0.3 is 0 Å². The maximum atomic E-state index is 12.4. The minimum Gasteiger partial charge on any atom is -0.261 e. The monoisotopic (exact) mass is 386 g/mol. The molecule has 0 aromatic carbocycles. The number of pyridine rings is 1. The molecule has 24 heavy (non-hydrogen) atoms. The number of halogens is 1. The van der Waals surface area contributed by atoms with Crippen LogP contribution >= 0.6 is 22.9 Å². The number of sulfonamides is 1. The molecule has 2 aromatic heterocycles. The predicted molar refractivity (Wildman–Crippen MR) is 99.5 cm³/mol. The molecular weight excluding hydrogens is 368 g/mol. The fraction of sp³-hybridized carbons (Fsp3) is 0.333. The number of thiophene rings is 1. The lowest BCUT2D eigenvalue weighted by molar-refractivity contribution is 0.445. The Labute approximate surface area is 151 Å². The number of hydrogen-bond acceptors (Lipinski definition) is 6. The smallest absolute Gasteiger partial charge is 0.244 e. The molecule has 0 radical (unpaired) electrons. The fourth-order valence-corrected chi connectivity index (χ4v) is 4.41. The topological polar surface area (TPSA) is 74.7 Å². The standard InChI is InChI=1S/C15H19ClN4O2S2/c1-4-20(5-2)24(21,22)12-6-9-15(17-10-12)19-18-11(3)13-7-8-14(16)23-13/h6-10H,4-5H2,1-3H3,(H,17,19)/b18-11+. The molecule has 0 spiro atoms. The van der Waals surface area contributed by atoms with Crippen LogP contribution in [0.15, 0.2) is 40.5 Å². The van der Waals surface area contributed by atoms with Gasteiger partial charge in [0, 0.05) is 19.3 Å². The SMILES string of the molecule is CCN(CC)S(=O)(=O)c1ccc(N/N=C(\C)c2ccc(Cl)s2)nc1. The molecule has 0 saturated carbocycles. The van der Waals surface area contributed by atoms with Crippen LogP contribution in [0.2, 0.25) is 4.34 Å². The largest absolute Gasteiger partial charge is 0.261 e. The zero-order chi connectivity index (χ0) is 17.7. The van der Waals surface area contributed by atoms with Crippen LogP contribution in [0.1, 0.15) is 25.6 Å². The first-order valence-electron chi connectivity index (χ1n) is 7.40. The number of anilines is 1. The summed E-state index contributed by atoms with van der Waals surface area (Å²) in [4.78, 5) is 5.24. The Kier molecular flexibility index (Phi) is 6.34. The minimum absolute atomic E-state index is 0.169. The fourth-order valence-electron chi connectivity index (χ4n) is 2.02. The molecule has 0 aliphatic heterocycles. The van der Waals surface area contributed by atoms with E-state index in [0.717, 1.165) is 10.6 Å². The van der Waals surface area contributed by atoms with Gasteiger partial charge in [-0.15, -0.1) is 11.3 Å². The lowest BCUT2D eigenvalue weighted by Crippen LogP contribution is -2.30. The summed E-state index contributed by atoms with van der Waals surface area (Å²) >= 11 is 7.34. The molecule has 2 heterocycles. The van der Waals surface area contributed by atoms with Crippen molar-refractivity contribution in [2.75, 3.05) is 18.5 Å². The number of nitrogens with zero attached hydrogens (tertiary/aromatic N) is 3. The van der Waals surface area contributed by atoms with E-state index in [0.29, 0.717) is 23.2 Å². The highest BCUT2D eigenvalue weighted by atomic mass is 35.5. The quantitative estimate of drug-likeness (QED) is 0.582. The van der Waals surface area contributed by atoms with E-state index in [-0.39, 0.29) is 4.90 Å². The van der Waals surface area contributed by atoms with Crippen molar-refractivity contribution >= 4 is 44.5 Å². The van der Waals surface area contributed by atoms with Gasteiger partial charge in [-0.2, -0.15) is 9.41 Å². The Hall–Kier alpha value is -1.48. The zero-order valence-electron chi connectivity index (χ0n) is 13.7. The maximum Gasteiger partial charge on any atom is 0.244 e. The van der Waals surface area contributed by atoms with Gasteiger partial charge in [0.25, 0.3) is 0 Å². The van der Waals surface area contributed by atoms with Crippen LogP contribution in [-0.2, 0) is 10.0 Å². The van der Waals surface area contributed by atoms with E-state index in [1.165, 1.54) is 27.9 Å². The normalized spacial score (nSPS) is 12.6. The average Bonchev–Trinajstić information content (AvgIpc) is 3.00. The van der Waals surface area contributed by atoms with Crippen LogP contribution in [0.3, 0.4) is 0 Å². The molecule has 0 bridgehead atoms. The summed E-state index contributed by atoms with van der Waals surface area (Å²) < 4.78 is 26.9. The number of nitrogens with one attached hydrogen (secondary N) is 1. The minimum atomic E-state index is -3.50. The molecule has 0 aliphatic rings. The van der Waals surface area contributed by atoms with E-state index in [9.17, 15) is 8.42 Å². The Balaban J connectivity index is 2.12. The Bertz CT molecular complexity index is 812. The summed E-state index contributed by atoms with van der Waals surface area (Å²) in [5.41, 5.74) is 3.59. The number of hydrazone groups is 1. The molecule has 9 heteroatoms. The summed E-state index contributed by atoms with van der Waals surface area (Å²) in [6.45, 7) is 6.31. The van der Waals surface area contributed by atoms with Crippen LogP contribution in [0, 0.1) is 0 Å². The predicted octanol–water partition coefficient (Wildman–Crippen LogP) is 3.66. The first-order valence-corrected chi connectivity index (χ1v) is 10.0. The van der Waals surface area contributed by atoms with Crippen molar-refractivity contribution in [3.63, 3.8) is 0 Å². The molecule has 2 aromatic rings. The van der Waals surface area contributed by atoms with Crippen LogP contribution in [0.25, 0.3) is 0 Å². The zero-order valence-corrected chi connectivity index (χ0v) is 16.0. The molecule has 0 amide bonds. The van der Waals surface area contributed by atoms with Crippen LogP contribution in [-0.4, -0.2) is 36.5 Å². The van der Waals surface area contributed by atoms with Crippen molar-refractivity contribution in [3.05, 3.63) is 39.7 Å². The van der Waals surface area contributed by atoms with Crippen LogP contribution < -0.4 is 5.43 Å². The molecule has 0 fully saturated rings. The summed E-state index contributed by atoms with van der Waals surface area (Å²) in [5, 5.41) is 4.23.